The smallest absolute Gasteiger partial charge is 0.257 e. The molecule has 1 fully saturated rings. The number of likely N-dealkylation sites (N-methyl/N-ethyl adjacent to an activating group) is 1. The fourth-order valence-electron chi connectivity index (χ4n) is 2.49. The van der Waals surface area contributed by atoms with Gasteiger partial charge in [0.15, 0.2) is 11.5 Å². The number of piperidine rings is 1. The third kappa shape index (κ3) is 2.98. The molecule has 1 aliphatic rings. The number of carbonyl (C=O) groups excluding carboxylic acids is 1. The van der Waals surface area contributed by atoms with Gasteiger partial charge in [-0.05, 0) is 31.5 Å². The summed E-state index contributed by atoms with van der Waals surface area (Å²) in [5, 5.41) is 22.5. The highest BCUT2D eigenvalue weighted by molar-refractivity contribution is 5.97. The first-order valence-electron chi connectivity index (χ1n) is 6.67. The lowest BCUT2D eigenvalue weighted by Crippen LogP contribution is -2.47. The largest absolute Gasteiger partial charge is 0.504 e. The van der Waals surface area contributed by atoms with Gasteiger partial charge in [0.05, 0.1) is 5.56 Å². The van der Waals surface area contributed by atoms with Gasteiger partial charge < -0.3 is 20.4 Å². The molecule has 1 aliphatic heterocycles. The number of nitrogens with zero attached hydrogens (tertiary/aromatic N) is 1. The number of phenols is 2. The zero-order valence-electron chi connectivity index (χ0n) is 11.1. The monoisotopic (exact) mass is 264 g/mol. The first kappa shape index (κ1) is 13.7. The number of rotatable bonds is 3. The number of amides is 1. The summed E-state index contributed by atoms with van der Waals surface area (Å²) in [7, 11) is 0. The maximum absolute atomic E-state index is 12.3. The van der Waals surface area contributed by atoms with E-state index in [1.165, 1.54) is 12.1 Å². The zero-order chi connectivity index (χ0) is 13.8. The number of carbonyl (C=O) groups is 1. The van der Waals surface area contributed by atoms with Crippen LogP contribution in [-0.4, -0.2) is 46.7 Å². The van der Waals surface area contributed by atoms with Crippen LogP contribution in [0.4, 0.5) is 0 Å². The minimum absolute atomic E-state index is 0.164. The number of aromatic hydroxyl groups is 2. The molecule has 0 radical (unpaired) electrons. The van der Waals surface area contributed by atoms with Gasteiger partial charge in [0.1, 0.15) is 0 Å². The van der Waals surface area contributed by atoms with E-state index in [9.17, 15) is 15.0 Å². The Bertz CT molecular complexity index is 460. The van der Waals surface area contributed by atoms with Crippen molar-refractivity contribution >= 4 is 5.91 Å². The van der Waals surface area contributed by atoms with Crippen LogP contribution < -0.4 is 5.32 Å². The molecule has 0 aromatic heterocycles. The molecular weight excluding hydrogens is 244 g/mol. The highest BCUT2D eigenvalue weighted by atomic mass is 16.3. The van der Waals surface area contributed by atoms with Crippen molar-refractivity contribution < 1.29 is 15.0 Å². The number of likely N-dealkylation sites (tertiary alicyclic amines) is 1. The lowest BCUT2D eigenvalue weighted by molar-refractivity contribution is 0.0692. The molecule has 5 nitrogen and oxygen atoms in total. The van der Waals surface area contributed by atoms with E-state index >= 15 is 0 Å². The first-order chi connectivity index (χ1) is 9.13. The molecule has 1 atom stereocenters. The maximum Gasteiger partial charge on any atom is 0.257 e. The van der Waals surface area contributed by atoms with E-state index in [0.717, 1.165) is 19.4 Å². The Morgan fingerprint density at radius 3 is 3.00 bits per heavy atom. The van der Waals surface area contributed by atoms with E-state index < -0.39 is 0 Å². The van der Waals surface area contributed by atoms with Crippen LogP contribution in [0, 0.1) is 0 Å². The van der Waals surface area contributed by atoms with Crippen LogP contribution in [0.3, 0.4) is 0 Å². The summed E-state index contributed by atoms with van der Waals surface area (Å²) in [6.45, 7) is 4.25. The Hall–Kier alpha value is -1.75. The number of hydrogen-bond donors (Lipinski definition) is 3. The predicted octanol–water partition coefficient (Wildman–Crippen LogP) is 1.31. The molecule has 1 aromatic carbocycles. The van der Waals surface area contributed by atoms with Crippen molar-refractivity contribution in [2.75, 3.05) is 19.6 Å². The van der Waals surface area contributed by atoms with E-state index in [-0.39, 0.29) is 23.0 Å². The van der Waals surface area contributed by atoms with Crippen molar-refractivity contribution in [3.8, 4) is 11.5 Å². The molecule has 104 valence electrons. The van der Waals surface area contributed by atoms with Crippen LogP contribution in [0.5, 0.6) is 11.5 Å². The maximum atomic E-state index is 12.3. The van der Waals surface area contributed by atoms with Crippen LogP contribution in [0.2, 0.25) is 0 Å². The van der Waals surface area contributed by atoms with E-state index in [1.807, 2.05) is 6.92 Å². The van der Waals surface area contributed by atoms with Crippen molar-refractivity contribution in [2.45, 2.75) is 25.8 Å². The van der Waals surface area contributed by atoms with Gasteiger partial charge >= 0.3 is 0 Å². The minimum atomic E-state index is -0.335. The molecule has 19 heavy (non-hydrogen) atoms. The average molecular weight is 264 g/mol. The molecule has 1 amide bonds. The normalized spacial score (nSPS) is 19.4. The SMILES string of the molecule is CCNC1CCCN(C(=O)c2cccc(O)c2O)C1. The number of benzene rings is 1. The molecule has 1 saturated heterocycles. The van der Waals surface area contributed by atoms with Crippen LogP contribution in [-0.2, 0) is 0 Å². The lowest BCUT2D eigenvalue weighted by Gasteiger charge is -2.33. The fourth-order valence-corrected chi connectivity index (χ4v) is 2.49. The van der Waals surface area contributed by atoms with E-state index in [2.05, 4.69) is 5.32 Å². The van der Waals surface area contributed by atoms with Gasteiger partial charge in [0.25, 0.3) is 5.91 Å². The number of hydrogen-bond acceptors (Lipinski definition) is 4. The molecule has 0 spiro atoms. The van der Waals surface area contributed by atoms with Gasteiger partial charge in [-0.2, -0.15) is 0 Å². The Kier molecular flexibility index (Phi) is 4.27. The second-order valence-corrected chi connectivity index (χ2v) is 4.82. The highest BCUT2D eigenvalue weighted by Gasteiger charge is 2.26. The third-order valence-corrected chi connectivity index (χ3v) is 3.45. The fraction of sp³-hybridized carbons (Fsp3) is 0.500. The van der Waals surface area contributed by atoms with Crippen LogP contribution >= 0.6 is 0 Å². The minimum Gasteiger partial charge on any atom is -0.504 e. The molecule has 3 N–H and O–H groups in total. The van der Waals surface area contributed by atoms with E-state index in [0.29, 0.717) is 19.1 Å². The Balaban J connectivity index is 2.12. The summed E-state index contributed by atoms with van der Waals surface area (Å²) < 4.78 is 0. The Labute approximate surface area is 112 Å². The van der Waals surface area contributed by atoms with E-state index in [1.54, 1.807) is 11.0 Å². The lowest BCUT2D eigenvalue weighted by atomic mass is 10.0. The molecule has 0 aliphatic carbocycles. The van der Waals surface area contributed by atoms with Crippen molar-refractivity contribution in [3.05, 3.63) is 23.8 Å². The molecular formula is C14H20N2O3. The number of para-hydroxylation sites is 1. The highest BCUT2D eigenvalue weighted by Crippen LogP contribution is 2.29. The van der Waals surface area contributed by atoms with Crippen molar-refractivity contribution in [1.82, 2.24) is 10.2 Å². The number of phenolic OH excluding ortho intramolecular Hbond substituents is 2. The first-order valence-corrected chi connectivity index (χ1v) is 6.67. The molecule has 1 unspecified atom stereocenters. The van der Waals surface area contributed by atoms with Crippen LogP contribution in [0.25, 0.3) is 0 Å². The molecule has 1 aromatic rings. The van der Waals surface area contributed by atoms with Crippen LogP contribution in [0.15, 0.2) is 18.2 Å². The van der Waals surface area contributed by atoms with Crippen molar-refractivity contribution in [1.29, 1.82) is 0 Å². The molecule has 0 bridgehead atoms. The summed E-state index contributed by atoms with van der Waals surface area (Å²) in [4.78, 5) is 14.1. The van der Waals surface area contributed by atoms with Gasteiger partial charge in [-0.15, -0.1) is 0 Å². The third-order valence-electron chi connectivity index (χ3n) is 3.45. The standard InChI is InChI=1S/C14H20N2O3/c1-2-15-10-5-4-8-16(9-10)14(19)11-6-3-7-12(17)13(11)18/h3,6-7,10,15,17-18H,2,4-5,8-9H2,1H3. The topological polar surface area (TPSA) is 72.8 Å². The zero-order valence-corrected chi connectivity index (χ0v) is 11.1. The molecule has 1 heterocycles. The van der Waals surface area contributed by atoms with Gasteiger partial charge in [-0.1, -0.05) is 13.0 Å². The summed E-state index contributed by atoms with van der Waals surface area (Å²) in [5.74, 6) is -0.819. The summed E-state index contributed by atoms with van der Waals surface area (Å²) >= 11 is 0. The Morgan fingerprint density at radius 2 is 2.26 bits per heavy atom. The van der Waals surface area contributed by atoms with Crippen molar-refractivity contribution in [3.63, 3.8) is 0 Å². The van der Waals surface area contributed by atoms with Gasteiger partial charge in [-0.3, -0.25) is 4.79 Å². The average Bonchev–Trinajstić information content (AvgIpc) is 2.42. The predicted molar refractivity (Wildman–Crippen MR) is 72.4 cm³/mol. The van der Waals surface area contributed by atoms with Crippen LogP contribution in [0.1, 0.15) is 30.1 Å². The second-order valence-electron chi connectivity index (χ2n) is 4.82. The van der Waals surface area contributed by atoms with Gasteiger partial charge in [-0.25, -0.2) is 0 Å². The van der Waals surface area contributed by atoms with Gasteiger partial charge in [0.2, 0.25) is 0 Å². The quantitative estimate of drug-likeness (QED) is 0.720. The molecule has 0 saturated carbocycles. The summed E-state index contributed by atoms with van der Waals surface area (Å²) in [5.41, 5.74) is 0.164. The Morgan fingerprint density at radius 1 is 1.47 bits per heavy atom. The van der Waals surface area contributed by atoms with Gasteiger partial charge in [0, 0.05) is 19.1 Å². The summed E-state index contributed by atoms with van der Waals surface area (Å²) in [6.07, 6.45) is 2.01. The summed E-state index contributed by atoms with van der Waals surface area (Å²) in [6, 6.07) is 4.77. The van der Waals surface area contributed by atoms with E-state index in [4.69, 9.17) is 0 Å². The molecule has 2 rings (SSSR count). The second kappa shape index (κ2) is 5.93. The number of nitrogens with one attached hydrogen (secondary N) is 1. The van der Waals surface area contributed by atoms with Crippen molar-refractivity contribution in [2.24, 2.45) is 0 Å². The molecule has 5 heteroatoms.